The van der Waals surface area contributed by atoms with Crippen molar-refractivity contribution in [1.29, 1.82) is 0 Å². The summed E-state index contributed by atoms with van der Waals surface area (Å²) in [5.41, 5.74) is -0.461. The molecule has 19 heavy (non-hydrogen) atoms. The summed E-state index contributed by atoms with van der Waals surface area (Å²) >= 11 is 1.27. The Bertz CT molecular complexity index is 608. The fourth-order valence-corrected chi connectivity index (χ4v) is 1.76. The molecule has 0 aromatic carbocycles. The Labute approximate surface area is 111 Å². The third kappa shape index (κ3) is 3.63. The van der Waals surface area contributed by atoms with Gasteiger partial charge < -0.3 is 14.3 Å². The molecule has 100 valence electrons. The van der Waals surface area contributed by atoms with Crippen LogP contribution in [0.2, 0.25) is 0 Å². The van der Waals surface area contributed by atoms with Crippen LogP contribution in [0.4, 0.5) is 5.13 Å². The Morgan fingerprint density at radius 2 is 2.42 bits per heavy atom. The van der Waals surface area contributed by atoms with Gasteiger partial charge in [0, 0.05) is 17.6 Å². The molecule has 0 atom stereocenters. The van der Waals surface area contributed by atoms with Gasteiger partial charge in [0.25, 0.3) is 5.91 Å². The van der Waals surface area contributed by atoms with E-state index in [1.165, 1.54) is 11.3 Å². The van der Waals surface area contributed by atoms with Gasteiger partial charge in [0.15, 0.2) is 11.7 Å². The molecule has 0 unspecified atom stereocenters. The van der Waals surface area contributed by atoms with E-state index in [-0.39, 0.29) is 24.7 Å². The molecular weight excluding hydrogens is 272 g/mol. The van der Waals surface area contributed by atoms with Crippen LogP contribution >= 0.6 is 11.3 Å². The highest BCUT2D eigenvalue weighted by Crippen LogP contribution is 2.10. The number of rotatable bonds is 5. The van der Waals surface area contributed by atoms with E-state index >= 15 is 0 Å². The van der Waals surface area contributed by atoms with Gasteiger partial charge in [-0.1, -0.05) is 0 Å². The maximum absolute atomic E-state index is 11.5. The Balaban J connectivity index is 1.91. The number of anilines is 1. The fraction of sp³-hybridized carbons (Fsp3) is 0.182. The summed E-state index contributed by atoms with van der Waals surface area (Å²) in [6.45, 7) is -0.705. The van der Waals surface area contributed by atoms with Crippen molar-refractivity contribution in [1.82, 2.24) is 4.98 Å². The highest BCUT2D eigenvalue weighted by molar-refractivity contribution is 7.13. The third-order valence-electron chi connectivity index (χ3n) is 2.05. The smallest absolute Gasteiger partial charge is 0.264 e. The van der Waals surface area contributed by atoms with E-state index in [0.717, 1.165) is 12.3 Å². The zero-order valence-electron chi connectivity index (χ0n) is 9.66. The highest BCUT2D eigenvalue weighted by atomic mass is 32.1. The summed E-state index contributed by atoms with van der Waals surface area (Å²) in [5.74, 6) is -0.392. The Hall–Kier alpha value is -2.19. The molecule has 0 fully saturated rings. The first-order valence-electron chi connectivity index (χ1n) is 5.24. The van der Waals surface area contributed by atoms with Gasteiger partial charge in [-0.25, -0.2) is 4.98 Å². The number of nitrogens with one attached hydrogen (secondary N) is 1. The van der Waals surface area contributed by atoms with Crippen molar-refractivity contribution in [2.24, 2.45) is 0 Å². The monoisotopic (exact) mass is 282 g/mol. The minimum atomic E-state index is -0.461. The molecule has 1 amide bonds. The zero-order chi connectivity index (χ0) is 13.7. The van der Waals surface area contributed by atoms with Gasteiger partial charge in [0.05, 0.1) is 0 Å². The zero-order valence-corrected chi connectivity index (χ0v) is 10.5. The van der Waals surface area contributed by atoms with Gasteiger partial charge in [-0.15, -0.1) is 11.3 Å². The number of hydrogen-bond donors (Lipinski definition) is 2. The number of thiazole rings is 1. The Morgan fingerprint density at radius 3 is 3.05 bits per heavy atom. The molecule has 0 aliphatic heterocycles. The number of aliphatic hydroxyl groups excluding tert-OH is 1. The maximum Gasteiger partial charge on any atom is 0.264 e. The van der Waals surface area contributed by atoms with Crippen molar-refractivity contribution in [3.8, 4) is 5.75 Å². The van der Waals surface area contributed by atoms with Gasteiger partial charge in [-0.05, 0) is 0 Å². The second-order valence-corrected chi connectivity index (χ2v) is 4.30. The molecule has 0 radical (unpaired) electrons. The van der Waals surface area contributed by atoms with Gasteiger partial charge in [0.1, 0.15) is 18.6 Å². The van der Waals surface area contributed by atoms with E-state index < -0.39 is 11.3 Å². The van der Waals surface area contributed by atoms with E-state index in [4.69, 9.17) is 14.3 Å². The van der Waals surface area contributed by atoms with Gasteiger partial charge in [0.2, 0.25) is 11.2 Å². The number of nitrogens with zero attached hydrogens (tertiary/aromatic N) is 1. The molecule has 0 aliphatic carbocycles. The molecule has 2 heterocycles. The molecule has 8 heteroatoms. The average Bonchev–Trinajstić information content (AvgIpc) is 2.90. The first kappa shape index (κ1) is 13.2. The standard InChI is InChI=1S/C11H10N2O5S/c14-4-7-3-8(15)9(5-17-7)18-6-10(16)13-11-12-1-2-19-11/h1-3,5,14H,4,6H2,(H,12,13,16). The summed E-state index contributed by atoms with van der Waals surface area (Å²) in [6, 6.07) is 1.11. The van der Waals surface area contributed by atoms with Crippen molar-refractivity contribution >= 4 is 22.4 Å². The van der Waals surface area contributed by atoms with Crippen LogP contribution < -0.4 is 15.5 Å². The lowest BCUT2D eigenvalue weighted by Crippen LogP contribution is -2.22. The third-order valence-corrected chi connectivity index (χ3v) is 2.73. The maximum atomic E-state index is 11.5. The van der Waals surface area contributed by atoms with Crippen molar-refractivity contribution in [2.75, 3.05) is 11.9 Å². The predicted octanol–water partition coefficient (Wildman–Crippen LogP) is 0.606. The second kappa shape index (κ2) is 6.12. The molecule has 2 aromatic heterocycles. The molecule has 2 N–H and O–H groups in total. The number of aromatic nitrogens is 1. The van der Waals surface area contributed by atoms with Crippen LogP contribution in [-0.4, -0.2) is 22.6 Å². The molecule has 0 saturated heterocycles. The summed E-state index contributed by atoms with van der Waals surface area (Å²) < 4.78 is 9.93. The van der Waals surface area contributed by atoms with E-state index in [9.17, 15) is 9.59 Å². The first-order chi connectivity index (χ1) is 9.19. The first-order valence-corrected chi connectivity index (χ1v) is 6.11. The van der Waals surface area contributed by atoms with E-state index in [1.807, 2.05) is 0 Å². The summed E-state index contributed by atoms with van der Waals surface area (Å²) in [6.07, 6.45) is 2.62. The van der Waals surface area contributed by atoms with E-state index in [0.29, 0.717) is 5.13 Å². The SMILES string of the molecule is O=C(COc1coc(CO)cc1=O)Nc1nccs1. The van der Waals surface area contributed by atoms with Gasteiger partial charge in [-0.3, -0.25) is 14.9 Å². The normalized spacial score (nSPS) is 10.2. The van der Waals surface area contributed by atoms with Crippen molar-refractivity contribution in [3.63, 3.8) is 0 Å². The number of amides is 1. The predicted molar refractivity (Wildman–Crippen MR) is 67.1 cm³/mol. The van der Waals surface area contributed by atoms with Crippen LogP contribution in [0, 0.1) is 0 Å². The number of aliphatic hydroxyl groups is 1. The Morgan fingerprint density at radius 1 is 1.58 bits per heavy atom. The number of hydrogen-bond acceptors (Lipinski definition) is 7. The van der Waals surface area contributed by atoms with Crippen molar-refractivity contribution in [2.45, 2.75) is 6.61 Å². The van der Waals surface area contributed by atoms with Crippen molar-refractivity contribution in [3.05, 3.63) is 39.9 Å². The summed E-state index contributed by atoms with van der Waals surface area (Å²) in [5, 5.41) is 13.5. The molecule has 0 bridgehead atoms. The lowest BCUT2D eigenvalue weighted by atomic mass is 10.4. The van der Waals surface area contributed by atoms with Gasteiger partial charge in [-0.2, -0.15) is 0 Å². The number of carbonyl (C=O) groups is 1. The van der Waals surface area contributed by atoms with Gasteiger partial charge >= 0.3 is 0 Å². The molecule has 2 aromatic rings. The van der Waals surface area contributed by atoms with Crippen LogP contribution in [-0.2, 0) is 11.4 Å². The largest absolute Gasteiger partial charge is 0.477 e. The lowest BCUT2D eigenvalue weighted by Gasteiger charge is -2.04. The molecule has 0 spiro atoms. The van der Waals surface area contributed by atoms with Crippen LogP contribution in [0.1, 0.15) is 5.76 Å². The van der Waals surface area contributed by atoms with E-state index in [2.05, 4.69) is 10.3 Å². The summed E-state index contributed by atoms with van der Waals surface area (Å²) in [4.78, 5) is 26.8. The van der Waals surface area contributed by atoms with Crippen LogP contribution in [0.15, 0.2) is 33.1 Å². The minimum absolute atomic E-state index is 0.0912. The molecule has 7 nitrogen and oxygen atoms in total. The van der Waals surface area contributed by atoms with E-state index in [1.54, 1.807) is 11.6 Å². The molecular formula is C11H10N2O5S. The number of ether oxygens (including phenoxy) is 1. The van der Waals surface area contributed by atoms with Crippen LogP contribution in [0.25, 0.3) is 0 Å². The lowest BCUT2D eigenvalue weighted by molar-refractivity contribution is -0.118. The van der Waals surface area contributed by atoms with Crippen LogP contribution in [0.3, 0.4) is 0 Å². The second-order valence-electron chi connectivity index (χ2n) is 3.41. The average molecular weight is 282 g/mol. The number of carbonyl (C=O) groups excluding carboxylic acids is 1. The Kier molecular flexibility index (Phi) is 4.26. The van der Waals surface area contributed by atoms with Crippen molar-refractivity contribution < 1.29 is 19.1 Å². The topological polar surface area (TPSA) is 102 Å². The van der Waals surface area contributed by atoms with Crippen LogP contribution in [0.5, 0.6) is 5.75 Å². The molecule has 2 rings (SSSR count). The summed E-state index contributed by atoms with van der Waals surface area (Å²) in [7, 11) is 0. The fourth-order valence-electron chi connectivity index (χ4n) is 1.21. The quantitative estimate of drug-likeness (QED) is 0.833. The molecule has 0 saturated carbocycles. The minimum Gasteiger partial charge on any atom is -0.477 e. The molecule has 0 aliphatic rings. The highest BCUT2D eigenvalue weighted by Gasteiger charge is 2.08.